The number of aromatic nitrogens is 1. The van der Waals surface area contributed by atoms with Gasteiger partial charge in [0.2, 0.25) is 0 Å². The van der Waals surface area contributed by atoms with Crippen LogP contribution in [0, 0.1) is 5.92 Å². The van der Waals surface area contributed by atoms with E-state index in [1.807, 2.05) is 12.3 Å². The molecular weight excluding hydrogens is 312 g/mol. The van der Waals surface area contributed by atoms with Crippen molar-refractivity contribution in [1.29, 1.82) is 0 Å². The number of allylic oxidation sites excluding steroid dienone is 2. The van der Waals surface area contributed by atoms with Crippen molar-refractivity contribution >= 4 is 26.8 Å². The summed E-state index contributed by atoms with van der Waals surface area (Å²) in [6.45, 7) is 1.98. The molecular formula is C17H19BrN2. The Morgan fingerprint density at radius 2 is 2.20 bits per heavy atom. The summed E-state index contributed by atoms with van der Waals surface area (Å²) in [6.07, 6.45) is 10.2. The molecule has 2 aromatic rings. The molecule has 1 N–H and O–H groups in total. The first kappa shape index (κ1) is 13.8. The monoisotopic (exact) mass is 330 g/mol. The van der Waals surface area contributed by atoms with Gasteiger partial charge in [0.25, 0.3) is 0 Å². The Labute approximate surface area is 128 Å². The van der Waals surface area contributed by atoms with Crippen molar-refractivity contribution in [2.45, 2.75) is 25.8 Å². The first-order chi connectivity index (χ1) is 9.84. The third-order valence-corrected chi connectivity index (χ3v) is 4.62. The van der Waals surface area contributed by atoms with Gasteiger partial charge in [-0.3, -0.25) is 4.98 Å². The van der Waals surface area contributed by atoms with Crippen LogP contribution in [-0.4, -0.2) is 11.5 Å². The lowest BCUT2D eigenvalue weighted by Gasteiger charge is -2.18. The van der Waals surface area contributed by atoms with Crippen LogP contribution < -0.4 is 5.32 Å². The summed E-state index contributed by atoms with van der Waals surface area (Å²) in [7, 11) is 0. The van der Waals surface area contributed by atoms with Crippen LogP contribution in [0.25, 0.3) is 10.9 Å². The normalized spacial score (nSPS) is 18.6. The number of fused-ring (bicyclic) bond motifs is 1. The summed E-state index contributed by atoms with van der Waals surface area (Å²) in [4.78, 5) is 4.53. The van der Waals surface area contributed by atoms with Crippen LogP contribution in [0.3, 0.4) is 0 Å². The summed E-state index contributed by atoms with van der Waals surface area (Å²) in [6, 6.07) is 8.37. The van der Waals surface area contributed by atoms with Crippen LogP contribution in [0.5, 0.6) is 0 Å². The fourth-order valence-corrected chi connectivity index (χ4v) is 3.24. The first-order valence-electron chi connectivity index (χ1n) is 7.22. The van der Waals surface area contributed by atoms with Crippen LogP contribution in [0.4, 0.5) is 0 Å². The van der Waals surface area contributed by atoms with E-state index in [0.29, 0.717) is 0 Å². The number of hydrogen-bond acceptors (Lipinski definition) is 2. The average molecular weight is 331 g/mol. The minimum absolute atomic E-state index is 0.787. The molecule has 0 saturated carbocycles. The molecule has 0 saturated heterocycles. The molecule has 20 heavy (non-hydrogen) atoms. The second-order valence-corrected chi connectivity index (χ2v) is 6.24. The Balaban J connectivity index is 1.68. The number of halogens is 1. The van der Waals surface area contributed by atoms with Crippen molar-refractivity contribution in [2.75, 3.05) is 6.54 Å². The lowest BCUT2D eigenvalue weighted by molar-refractivity contribution is 0.441. The van der Waals surface area contributed by atoms with E-state index >= 15 is 0 Å². The molecule has 3 rings (SSSR count). The highest BCUT2D eigenvalue weighted by Crippen LogP contribution is 2.25. The molecule has 1 atom stereocenters. The molecule has 0 aliphatic heterocycles. The lowest BCUT2D eigenvalue weighted by atomic mass is 9.94. The van der Waals surface area contributed by atoms with Gasteiger partial charge in [0.05, 0.1) is 5.52 Å². The van der Waals surface area contributed by atoms with Gasteiger partial charge in [-0.2, -0.15) is 0 Å². The van der Waals surface area contributed by atoms with Gasteiger partial charge in [-0.1, -0.05) is 40.2 Å². The van der Waals surface area contributed by atoms with Crippen molar-refractivity contribution in [3.05, 3.63) is 52.7 Å². The maximum Gasteiger partial charge on any atom is 0.0758 e. The quantitative estimate of drug-likeness (QED) is 0.838. The van der Waals surface area contributed by atoms with Gasteiger partial charge in [-0.25, -0.2) is 0 Å². The Kier molecular flexibility index (Phi) is 4.48. The van der Waals surface area contributed by atoms with Gasteiger partial charge in [-0.15, -0.1) is 0 Å². The number of nitrogens with zero attached hydrogens (tertiary/aromatic N) is 1. The molecule has 104 valence electrons. The van der Waals surface area contributed by atoms with Crippen LogP contribution >= 0.6 is 15.9 Å². The van der Waals surface area contributed by atoms with E-state index in [0.717, 1.165) is 29.0 Å². The van der Waals surface area contributed by atoms with Crippen LogP contribution in [0.1, 0.15) is 24.8 Å². The zero-order valence-electron chi connectivity index (χ0n) is 11.5. The fraction of sp³-hybridized carbons (Fsp3) is 0.353. The van der Waals surface area contributed by atoms with Gasteiger partial charge in [-0.05, 0) is 49.4 Å². The highest BCUT2D eigenvalue weighted by molar-refractivity contribution is 9.10. The first-order valence-corrected chi connectivity index (χ1v) is 8.02. The second-order valence-electron chi connectivity index (χ2n) is 5.39. The maximum atomic E-state index is 4.53. The summed E-state index contributed by atoms with van der Waals surface area (Å²) in [5.74, 6) is 0.787. The fourth-order valence-electron chi connectivity index (χ4n) is 2.79. The molecule has 1 heterocycles. The van der Waals surface area contributed by atoms with E-state index in [1.54, 1.807) is 0 Å². The van der Waals surface area contributed by atoms with E-state index in [2.05, 4.69) is 56.6 Å². The Bertz CT molecular complexity index is 621. The highest BCUT2D eigenvalue weighted by Gasteiger charge is 2.10. The van der Waals surface area contributed by atoms with Gasteiger partial charge >= 0.3 is 0 Å². The Morgan fingerprint density at radius 3 is 3.05 bits per heavy atom. The molecule has 0 spiro atoms. The zero-order chi connectivity index (χ0) is 13.8. The van der Waals surface area contributed by atoms with Gasteiger partial charge in [0, 0.05) is 22.6 Å². The minimum Gasteiger partial charge on any atom is -0.312 e. The number of rotatable bonds is 4. The largest absolute Gasteiger partial charge is 0.312 e. The van der Waals surface area contributed by atoms with E-state index in [1.165, 1.54) is 30.2 Å². The Morgan fingerprint density at radius 1 is 1.25 bits per heavy atom. The molecule has 1 aromatic carbocycles. The summed E-state index contributed by atoms with van der Waals surface area (Å²) in [5, 5.41) is 4.78. The van der Waals surface area contributed by atoms with Crippen molar-refractivity contribution in [2.24, 2.45) is 5.92 Å². The molecule has 0 fully saturated rings. The molecule has 1 unspecified atom stereocenters. The highest BCUT2D eigenvalue weighted by atomic mass is 79.9. The lowest BCUT2D eigenvalue weighted by Crippen LogP contribution is -2.23. The number of pyridine rings is 1. The van der Waals surface area contributed by atoms with Crippen LogP contribution in [-0.2, 0) is 6.54 Å². The predicted molar refractivity (Wildman–Crippen MR) is 87.6 cm³/mol. The predicted octanol–water partition coefficient (Wildman–Crippen LogP) is 4.44. The van der Waals surface area contributed by atoms with E-state index in [-0.39, 0.29) is 0 Å². The molecule has 1 aromatic heterocycles. The number of nitrogens with one attached hydrogen (secondary N) is 1. The average Bonchev–Trinajstić information content (AvgIpc) is 2.51. The second kappa shape index (κ2) is 6.51. The standard InChI is InChI=1S/C17H19BrN2/c18-16-9-8-14(17-15(16)7-4-10-20-17)12-19-11-13-5-2-1-3-6-13/h1-2,4,7-10,13,19H,3,5-6,11-12H2. The molecule has 1 aliphatic rings. The zero-order valence-corrected chi connectivity index (χ0v) is 13.1. The molecule has 1 aliphatic carbocycles. The van der Waals surface area contributed by atoms with Crippen LogP contribution in [0.2, 0.25) is 0 Å². The molecule has 0 amide bonds. The van der Waals surface area contributed by atoms with Crippen molar-refractivity contribution in [3.8, 4) is 0 Å². The SMILES string of the molecule is Brc1ccc(CNCC2CC=CCC2)c2ncccc12. The van der Waals surface area contributed by atoms with Crippen molar-refractivity contribution < 1.29 is 0 Å². The topological polar surface area (TPSA) is 24.9 Å². The molecule has 3 heteroatoms. The van der Waals surface area contributed by atoms with Crippen LogP contribution in [0.15, 0.2) is 47.1 Å². The third kappa shape index (κ3) is 3.10. The number of hydrogen-bond donors (Lipinski definition) is 1. The summed E-state index contributed by atoms with van der Waals surface area (Å²) >= 11 is 3.59. The molecule has 2 nitrogen and oxygen atoms in total. The van der Waals surface area contributed by atoms with Crippen molar-refractivity contribution in [1.82, 2.24) is 10.3 Å². The third-order valence-electron chi connectivity index (χ3n) is 3.93. The Hall–Kier alpha value is -1.19. The minimum atomic E-state index is 0.787. The molecule has 0 bridgehead atoms. The number of benzene rings is 1. The van der Waals surface area contributed by atoms with Gasteiger partial charge in [0.1, 0.15) is 0 Å². The molecule has 0 radical (unpaired) electrons. The van der Waals surface area contributed by atoms with E-state index in [9.17, 15) is 0 Å². The van der Waals surface area contributed by atoms with Gasteiger partial charge in [0.15, 0.2) is 0 Å². The smallest absolute Gasteiger partial charge is 0.0758 e. The maximum absolute atomic E-state index is 4.53. The van der Waals surface area contributed by atoms with Gasteiger partial charge < -0.3 is 5.32 Å². The summed E-state index contributed by atoms with van der Waals surface area (Å²) in [5.41, 5.74) is 2.37. The summed E-state index contributed by atoms with van der Waals surface area (Å²) < 4.78 is 1.11. The van der Waals surface area contributed by atoms with Crippen molar-refractivity contribution in [3.63, 3.8) is 0 Å². The van der Waals surface area contributed by atoms with E-state index in [4.69, 9.17) is 0 Å². The van der Waals surface area contributed by atoms with E-state index < -0.39 is 0 Å².